The third-order valence-corrected chi connectivity index (χ3v) is 3.97. The van der Waals surface area contributed by atoms with Gasteiger partial charge >= 0.3 is 0 Å². The maximum atomic E-state index is 12.5. The number of hydrogen-bond donors (Lipinski definition) is 2. The lowest BCUT2D eigenvalue weighted by Crippen LogP contribution is -2.55. The highest BCUT2D eigenvalue weighted by atomic mass is 16.2. The smallest absolute Gasteiger partial charge is 0.263 e. The number of benzene rings is 1. The number of anilines is 1. The fraction of sp³-hybridized carbons (Fsp3) is 0.278. The van der Waals surface area contributed by atoms with Gasteiger partial charge in [0.15, 0.2) is 6.17 Å². The highest BCUT2D eigenvalue weighted by molar-refractivity contribution is 6.04. The Morgan fingerprint density at radius 1 is 1.25 bits per heavy atom. The van der Waals surface area contributed by atoms with Crippen LogP contribution in [0.1, 0.15) is 23.7 Å². The summed E-state index contributed by atoms with van der Waals surface area (Å²) < 4.78 is 0. The summed E-state index contributed by atoms with van der Waals surface area (Å²) in [6.07, 6.45) is 0.0819. The molecule has 2 aromatic rings. The van der Waals surface area contributed by atoms with Crippen LogP contribution >= 0.6 is 0 Å². The highest BCUT2D eigenvalue weighted by Gasteiger charge is 2.34. The molecule has 0 bridgehead atoms. The number of hydrogen-bond acceptors (Lipinski definition) is 4. The van der Waals surface area contributed by atoms with Crippen molar-refractivity contribution >= 4 is 17.6 Å². The van der Waals surface area contributed by atoms with E-state index in [9.17, 15) is 9.59 Å². The molecule has 1 atom stereocenters. The van der Waals surface area contributed by atoms with Crippen molar-refractivity contribution < 1.29 is 9.59 Å². The van der Waals surface area contributed by atoms with Crippen molar-refractivity contribution in [2.45, 2.75) is 19.5 Å². The first-order valence-electron chi connectivity index (χ1n) is 7.99. The average molecular weight is 324 g/mol. The van der Waals surface area contributed by atoms with E-state index in [0.29, 0.717) is 17.9 Å². The second-order valence-electron chi connectivity index (χ2n) is 5.71. The van der Waals surface area contributed by atoms with Crippen LogP contribution in [0.3, 0.4) is 0 Å². The van der Waals surface area contributed by atoms with E-state index in [1.807, 2.05) is 43.3 Å². The van der Waals surface area contributed by atoms with Crippen LogP contribution in [0.5, 0.6) is 0 Å². The van der Waals surface area contributed by atoms with Crippen LogP contribution in [0.15, 0.2) is 42.5 Å². The van der Waals surface area contributed by atoms with E-state index in [1.165, 1.54) is 4.90 Å². The summed E-state index contributed by atoms with van der Waals surface area (Å²) in [4.78, 5) is 30.7. The molecule has 6 nitrogen and oxygen atoms in total. The van der Waals surface area contributed by atoms with Gasteiger partial charge < -0.3 is 15.5 Å². The third-order valence-electron chi connectivity index (χ3n) is 3.97. The van der Waals surface area contributed by atoms with Crippen LogP contribution in [-0.4, -0.2) is 41.5 Å². The fourth-order valence-electron chi connectivity index (χ4n) is 2.63. The van der Waals surface area contributed by atoms with Crippen molar-refractivity contribution in [2.75, 3.05) is 18.9 Å². The van der Waals surface area contributed by atoms with E-state index >= 15 is 0 Å². The van der Waals surface area contributed by atoms with E-state index < -0.39 is 6.17 Å². The Morgan fingerprint density at radius 2 is 2.00 bits per heavy atom. The van der Waals surface area contributed by atoms with Crippen molar-refractivity contribution in [3.8, 4) is 11.3 Å². The predicted octanol–water partition coefficient (Wildman–Crippen LogP) is 2.10. The molecule has 0 saturated carbocycles. The number of amides is 2. The van der Waals surface area contributed by atoms with Gasteiger partial charge in [-0.05, 0) is 18.6 Å². The molecule has 2 amide bonds. The van der Waals surface area contributed by atoms with Gasteiger partial charge in [-0.3, -0.25) is 9.59 Å². The molecular weight excluding hydrogens is 304 g/mol. The summed E-state index contributed by atoms with van der Waals surface area (Å²) in [6.45, 7) is 2.55. The molecule has 0 spiro atoms. The molecule has 3 rings (SSSR count). The van der Waals surface area contributed by atoms with Crippen LogP contribution in [0.2, 0.25) is 0 Å². The van der Waals surface area contributed by atoms with Crippen LogP contribution in [0.25, 0.3) is 11.3 Å². The Kier molecular flexibility index (Phi) is 4.46. The zero-order valence-corrected chi connectivity index (χ0v) is 13.7. The standard InChI is InChI=1S/C18H20N4O2/c1-3-11-19-17(23)16-21-15-13(18(24)22(16)2)9-10-14(20-15)12-7-5-4-6-8-12/h4-10,16H,3,11H2,1-2H3,(H,19,23)(H,20,21). The second kappa shape index (κ2) is 6.70. The Labute approximate surface area is 140 Å². The Balaban J connectivity index is 1.92. The fourth-order valence-corrected chi connectivity index (χ4v) is 2.63. The van der Waals surface area contributed by atoms with Crippen molar-refractivity contribution in [3.63, 3.8) is 0 Å². The number of nitrogens with one attached hydrogen (secondary N) is 2. The minimum Gasteiger partial charge on any atom is -0.353 e. The molecule has 1 aromatic carbocycles. The summed E-state index contributed by atoms with van der Waals surface area (Å²) >= 11 is 0. The molecular formula is C18H20N4O2. The van der Waals surface area contributed by atoms with Crippen molar-refractivity contribution in [1.82, 2.24) is 15.2 Å². The predicted molar refractivity (Wildman–Crippen MR) is 92.5 cm³/mol. The number of carbonyl (C=O) groups is 2. The molecule has 2 heterocycles. The number of fused-ring (bicyclic) bond motifs is 1. The Hall–Kier alpha value is -2.89. The van der Waals surface area contributed by atoms with Crippen LogP contribution in [-0.2, 0) is 4.79 Å². The van der Waals surface area contributed by atoms with Gasteiger partial charge in [0.05, 0.1) is 11.3 Å². The van der Waals surface area contributed by atoms with Gasteiger partial charge in [-0.15, -0.1) is 0 Å². The minimum absolute atomic E-state index is 0.215. The van der Waals surface area contributed by atoms with Gasteiger partial charge in [-0.25, -0.2) is 4.98 Å². The van der Waals surface area contributed by atoms with Crippen molar-refractivity contribution in [3.05, 3.63) is 48.0 Å². The van der Waals surface area contributed by atoms with E-state index in [-0.39, 0.29) is 11.8 Å². The number of nitrogens with zero attached hydrogens (tertiary/aromatic N) is 2. The quantitative estimate of drug-likeness (QED) is 0.903. The number of carbonyl (C=O) groups excluding carboxylic acids is 2. The largest absolute Gasteiger partial charge is 0.353 e. The van der Waals surface area contributed by atoms with E-state index in [0.717, 1.165) is 17.7 Å². The number of aromatic nitrogens is 1. The lowest BCUT2D eigenvalue weighted by molar-refractivity contribution is -0.124. The van der Waals surface area contributed by atoms with Gasteiger partial charge in [0, 0.05) is 19.2 Å². The summed E-state index contributed by atoms with van der Waals surface area (Å²) in [5.41, 5.74) is 2.18. The van der Waals surface area contributed by atoms with Gasteiger partial charge in [-0.2, -0.15) is 0 Å². The molecule has 1 aromatic heterocycles. The first kappa shape index (κ1) is 16.0. The second-order valence-corrected chi connectivity index (χ2v) is 5.71. The molecule has 0 radical (unpaired) electrons. The molecule has 1 aliphatic rings. The van der Waals surface area contributed by atoms with Gasteiger partial charge in [0.2, 0.25) is 0 Å². The van der Waals surface area contributed by atoms with E-state index in [2.05, 4.69) is 15.6 Å². The van der Waals surface area contributed by atoms with Gasteiger partial charge in [0.25, 0.3) is 11.8 Å². The molecule has 1 unspecified atom stereocenters. The normalized spacial score (nSPS) is 16.3. The van der Waals surface area contributed by atoms with Gasteiger partial charge in [-0.1, -0.05) is 37.3 Å². The number of likely N-dealkylation sites (N-methyl/N-ethyl adjacent to an activating group) is 1. The Morgan fingerprint density at radius 3 is 2.71 bits per heavy atom. The first-order chi connectivity index (χ1) is 11.6. The number of rotatable bonds is 4. The van der Waals surface area contributed by atoms with Crippen molar-refractivity contribution in [2.24, 2.45) is 0 Å². The molecule has 2 N–H and O–H groups in total. The minimum atomic E-state index is -0.755. The zero-order chi connectivity index (χ0) is 17.1. The maximum Gasteiger partial charge on any atom is 0.263 e. The van der Waals surface area contributed by atoms with Crippen LogP contribution in [0, 0.1) is 0 Å². The topological polar surface area (TPSA) is 74.3 Å². The molecule has 6 heteroatoms. The SMILES string of the molecule is CCCNC(=O)C1Nc2nc(-c3ccccc3)ccc2C(=O)N1C. The number of pyridine rings is 1. The van der Waals surface area contributed by atoms with Crippen LogP contribution < -0.4 is 10.6 Å². The third kappa shape index (κ3) is 2.95. The summed E-state index contributed by atoms with van der Waals surface area (Å²) in [7, 11) is 1.61. The average Bonchev–Trinajstić information content (AvgIpc) is 2.63. The lowest BCUT2D eigenvalue weighted by atomic mass is 10.1. The monoisotopic (exact) mass is 324 g/mol. The molecule has 124 valence electrons. The summed E-state index contributed by atoms with van der Waals surface area (Å²) in [5.74, 6) is -0.00567. The Bertz CT molecular complexity index is 761. The summed E-state index contributed by atoms with van der Waals surface area (Å²) in [6, 6.07) is 13.3. The van der Waals surface area contributed by atoms with E-state index in [1.54, 1.807) is 13.1 Å². The zero-order valence-electron chi connectivity index (χ0n) is 13.7. The van der Waals surface area contributed by atoms with Crippen molar-refractivity contribution in [1.29, 1.82) is 0 Å². The maximum absolute atomic E-state index is 12.5. The summed E-state index contributed by atoms with van der Waals surface area (Å²) in [5, 5.41) is 5.88. The molecule has 0 aliphatic carbocycles. The van der Waals surface area contributed by atoms with E-state index in [4.69, 9.17) is 0 Å². The van der Waals surface area contributed by atoms with Crippen LogP contribution in [0.4, 0.5) is 5.82 Å². The highest BCUT2D eigenvalue weighted by Crippen LogP contribution is 2.26. The molecule has 0 fully saturated rings. The molecule has 0 saturated heterocycles. The molecule has 24 heavy (non-hydrogen) atoms. The first-order valence-corrected chi connectivity index (χ1v) is 7.99. The van der Waals surface area contributed by atoms with Gasteiger partial charge in [0.1, 0.15) is 5.82 Å². The molecule has 1 aliphatic heterocycles. The lowest BCUT2D eigenvalue weighted by Gasteiger charge is -2.33.